The molecule has 9 nitrogen and oxygen atoms in total. The van der Waals surface area contributed by atoms with Gasteiger partial charge >= 0.3 is 0 Å². The fourth-order valence-corrected chi connectivity index (χ4v) is 8.26. The molecule has 2 bridgehead atoms. The fraction of sp³-hybridized carbons (Fsp3) is 0.472. The predicted molar refractivity (Wildman–Crippen MR) is 179 cm³/mol. The van der Waals surface area contributed by atoms with Gasteiger partial charge in [0.05, 0.1) is 47.4 Å². The number of aliphatic hydroxyl groups is 1. The summed E-state index contributed by atoms with van der Waals surface area (Å²) in [5, 5.41) is 10.7. The third-order valence-electron chi connectivity index (χ3n) is 10.1. The minimum absolute atomic E-state index is 0.135. The molecule has 3 heterocycles. The number of likely N-dealkylation sites (tertiary alicyclic amines) is 1. The highest BCUT2D eigenvalue weighted by atomic mass is 35.5. The second kappa shape index (κ2) is 12.9. The maximum atomic E-state index is 14.9. The van der Waals surface area contributed by atoms with Gasteiger partial charge < -0.3 is 29.3 Å². The van der Waals surface area contributed by atoms with Gasteiger partial charge in [0, 0.05) is 18.8 Å². The molecule has 7 atom stereocenters. The Labute approximate surface area is 276 Å². The summed E-state index contributed by atoms with van der Waals surface area (Å²) in [6.07, 6.45) is 3.65. The van der Waals surface area contributed by atoms with Crippen molar-refractivity contribution in [1.29, 1.82) is 0 Å². The van der Waals surface area contributed by atoms with Crippen LogP contribution in [-0.4, -0.2) is 77.3 Å². The van der Waals surface area contributed by atoms with E-state index in [0.29, 0.717) is 35.2 Å². The average Bonchev–Trinajstić information content (AvgIpc) is 3.55. The number of carbonyl (C=O) groups is 3. The Morgan fingerprint density at radius 1 is 1.15 bits per heavy atom. The SMILES string of the molecule is C=CCN(C(=O)[C@H]1[C@H]2C(=O)N([C@H](C)CO)C(C(=O)N(CC=C)c3c(C)cccc3Cl)C23CC(C)[C@]1(C)O3)c1ccc(OCC)cc1. The van der Waals surface area contributed by atoms with E-state index in [2.05, 4.69) is 13.2 Å². The summed E-state index contributed by atoms with van der Waals surface area (Å²) in [6.45, 7) is 17.6. The molecule has 0 aliphatic carbocycles. The van der Waals surface area contributed by atoms with Crippen LogP contribution in [0.3, 0.4) is 0 Å². The predicted octanol–water partition coefficient (Wildman–Crippen LogP) is 5.18. The average molecular weight is 650 g/mol. The number of ether oxygens (including phenoxy) is 2. The van der Waals surface area contributed by atoms with Gasteiger partial charge in [0.1, 0.15) is 17.4 Å². The molecule has 0 aromatic heterocycles. The standard InChI is InChI=1S/C36H44ClN3O6/c1-8-18-38(25-14-16-26(17-15-25)45-10-3)32(42)28-29-33(43)40(24(6)21-41)31(36(29)20-23(5)35(28,7)46-36)34(44)39(19-9-2)30-22(4)12-11-13-27(30)37/h8-9,11-17,23-24,28-29,31,41H,1-2,10,18-21H2,3-7H3/t23?,24-,28-,29+,31?,35+,36?/m1/s1. The van der Waals surface area contributed by atoms with Gasteiger partial charge in [-0.05, 0) is 75.9 Å². The number of rotatable bonds is 12. The van der Waals surface area contributed by atoms with Gasteiger partial charge in [-0.15, -0.1) is 13.2 Å². The van der Waals surface area contributed by atoms with Crippen molar-refractivity contribution in [2.75, 3.05) is 36.1 Å². The maximum absolute atomic E-state index is 14.9. The summed E-state index contributed by atoms with van der Waals surface area (Å²) in [5.41, 5.74) is -0.405. The van der Waals surface area contributed by atoms with E-state index in [1.807, 2.05) is 52.0 Å². The van der Waals surface area contributed by atoms with Crippen LogP contribution in [0, 0.1) is 24.7 Å². The van der Waals surface area contributed by atoms with Gasteiger partial charge in [0.25, 0.3) is 5.91 Å². The van der Waals surface area contributed by atoms with E-state index < -0.39 is 41.0 Å². The Morgan fingerprint density at radius 3 is 2.39 bits per heavy atom. The van der Waals surface area contributed by atoms with Gasteiger partial charge in [-0.3, -0.25) is 14.4 Å². The quantitative estimate of drug-likeness (QED) is 0.318. The van der Waals surface area contributed by atoms with E-state index in [9.17, 15) is 19.5 Å². The monoisotopic (exact) mass is 649 g/mol. The van der Waals surface area contributed by atoms with Crippen LogP contribution in [-0.2, 0) is 19.1 Å². The van der Waals surface area contributed by atoms with E-state index in [1.165, 1.54) is 4.90 Å². The molecule has 5 rings (SSSR count). The highest BCUT2D eigenvalue weighted by molar-refractivity contribution is 6.34. The minimum atomic E-state index is -1.31. The van der Waals surface area contributed by atoms with Gasteiger partial charge in [-0.2, -0.15) is 0 Å². The number of aliphatic hydroxyl groups excluding tert-OH is 1. The molecule has 1 spiro atoms. The molecular weight excluding hydrogens is 606 g/mol. The van der Waals surface area contributed by atoms with Gasteiger partial charge in [0.2, 0.25) is 11.8 Å². The van der Waals surface area contributed by atoms with Crippen LogP contribution in [0.4, 0.5) is 11.4 Å². The topological polar surface area (TPSA) is 99.6 Å². The van der Waals surface area contributed by atoms with Gasteiger partial charge in [0.15, 0.2) is 0 Å². The summed E-state index contributed by atoms with van der Waals surface area (Å²) in [6, 6.07) is 10.8. The zero-order valence-electron chi connectivity index (χ0n) is 27.2. The van der Waals surface area contributed by atoms with Gasteiger partial charge in [-0.25, -0.2) is 0 Å². The number of fused-ring (bicyclic) bond motifs is 1. The van der Waals surface area contributed by atoms with Crippen molar-refractivity contribution >= 4 is 40.7 Å². The number of anilines is 2. The van der Waals surface area contributed by atoms with Crippen molar-refractivity contribution in [2.45, 2.75) is 64.3 Å². The summed E-state index contributed by atoms with van der Waals surface area (Å²) in [7, 11) is 0. The van der Waals surface area contributed by atoms with Crippen molar-refractivity contribution in [1.82, 2.24) is 4.90 Å². The highest BCUT2D eigenvalue weighted by Crippen LogP contribution is 2.66. The lowest BCUT2D eigenvalue weighted by Gasteiger charge is -2.39. The largest absolute Gasteiger partial charge is 0.494 e. The van der Waals surface area contributed by atoms with E-state index in [4.69, 9.17) is 21.1 Å². The van der Waals surface area contributed by atoms with Crippen LogP contribution < -0.4 is 14.5 Å². The van der Waals surface area contributed by atoms with Crippen LogP contribution in [0.15, 0.2) is 67.8 Å². The first-order valence-electron chi connectivity index (χ1n) is 15.9. The number of benzene rings is 2. The highest BCUT2D eigenvalue weighted by Gasteiger charge is 2.80. The number of aryl methyl sites for hydroxylation is 1. The molecule has 3 aliphatic heterocycles. The summed E-state index contributed by atoms with van der Waals surface area (Å²) < 4.78 is 12.5. The van der Waals surface area contributed by atoms with Crippen LogP contribution in [0.1, 0.15) is 39.7 Å². The summed E-state index contributed by atoms with van der Waals surface area (Å²) in [4.78, 5) is 48.9. The van der Waals surface area contributed by atoms with Crippen LogP contribution in [0.25, 0.3) is 0 Å². The molecule has 3 saturated heterocycles. The number of halogens is 1. The second-order valence-electron chi connectivity index (χ2n) is 12.8. The zero-order chi connectivity index (χ0) is 33.6. The van der Waals surface area contributed by atoms with Crippen molar-refractivity contribution in [3.63, 3.8) is 0 Å². The first-order chi connectivity index (χ1) is 21.9. The molecule has 0 radical (unpaired) electrons. The zero-order valence-corrected chi connectivity index (χ0v) is 28.0. The van der Waals surface area contributed by atoms with Crippen LogP contribution in [0.2, 0.25) is 5.02 Å². The molecule has 246 valence electrons. The molecule has 3 amide bonds. The number of amides is 3. The molecule has 3 aliphatic rings. The Hall–Kier alpha value is -3.66. The molecule has 0 saturated carbocycles. The molecule has 2 aromatic rings. The molecule has 2 aromatic carbocycles. The summed E-state index contributed by atoms with van der Waals surface area (Å²) >= 11 is 6.67. The van der Waals surface area contributed by atoms with Crippen LogP contribution in [0.5, 0.6) is 5.75 Å². The Bertz CT molecular complexity index is 1510. The Balaban J connectivity index is 1.63. The van der Waals surface area contributed by atoms with Gasteiger partial charge in [-0.1, -0.05) is 42.8 Å². The molecule has 3 fully saturated rings. The van der Waals surface area contributed by atoms with E-state index in [1.54, 1.807) is 47.1 Å². The lowest BCUT2D eigenvalue weighted by Crippen LogP contribution is -2.59. The van der Waals surface area contributed by atoms with E-state index >= 15 is 0 Å². The minimum Gasteiger partial charge on any atom is -0.494 e. The third-order valence-corrected chi connectivity index (χ3v) is 10.4. The van der Waals surface area contributed by atoms with Crippen LogP contribution >= 0.6 is 11.6 Å². The number of hydrogen-bond acceptors (Lipinski definition) is 6. The first kappa shape index (κ1) is 33.7. The molecule has 3 unspecified atom stereocenters. The Kier molecular flexibility index (Phi) is 9.42. The summed E-state index contributed by atoms with van der Waals surface area (Å²) in [5.74, 6) is -2.38. The molecule has 46 heavy (non-hydrogen) atoms. The van der Waals surface area contributed by atoms with Crippen molar-refractivity contribution in [2.24, 2.45) is 17.8 Å². The fourth-order valence-electron chi connectivity index (χ4n) is 7.94. The Morgan fingerprint density at radius 2 is 1.80 bits per heavy atom. The second-order valence-corrected chi connectivity index (χ2v) is 13.2. The molecule has 1 N–H and O–H groups in total. The normalized spacial score (nSPS) is 28.5. The van der Waals surface area contributed by atoms with E-state index in [0.717, 1.165) is 5.56 Å². The lowest BCUT2D eigenvalue weighted by atomic mass is 9.62. The maximum Gasteiger partial charge on any atom is 0.253 e. The van der Waals surface area contributed by atoms with Crippen molar-refractivity contribution in [3.8, 4) is 5.75 Å². The molecule has 10 heteroatoms. The smallest absolute Gasteiger partial charge is 0.253 e. The number of nitrogens with zero attached hydrogens (tertiary/aromatic N) is 3. The van der Waals surface area contributed by atoms with E-state index in [-0.39, 0.29) is 37.4 Å². The first-order valence-corrected chi connectivity index (χ1v) is 16.2. The number of hydrogen-bond donors (Lipinski definition) is 1. The lowest BCUT2D eigenvalue weighted by molar-refractivity contribution is -0.148. The number of para-hydroxylation sites is 1. The van der Waals surface area contributed by atoms with Crippen molar-refractivity contribution < 1.29 is 29.0 Å². The molecular formula is C36H44ClN3O6. The van der Waals surface area contributed by atoms with Crippen molar-refractivity contribution in [3.05, 3.63) is 78.4 Å². The number of carbonyl (C=O) groups excluding carboxylic acids is 3. The third kappa shape index (κ3) is 5.13.